The lowest BCUT2D eigenvalue weighted by atomic mass is 10.0. The van der Waals surface area contributed by atoms with Crippen molar-refractivity contribution in [3.8, 4) is 0 Å². The number of amides is 1. The van der Waals surface area contributed by atoms with Gasteiger partial charge in [0.2, 0.25) is 10.0 Å². The molecule has 6 heteroatoms. The van der Waals surface area contributed by atoms with Gasteiger partial charge in [0.05, 0.1) is 4.90 Å². The van der Waals surface area contributed by atoms with Crippen molar-refractivity contribution in [1.82, 2.24) is 0 Å². The number of nitrogens with two attached hydrogens (primary N) is 1. The summed E-state index contributed by atoms with van der Waals surface area (Å²) in [7, 11) is -3.88. The number of hydrogen-bond acceptors (Lipinski definition) is 3. The number of carbonyl (C=O) groups excluding carboxylic acids is 1. The van der Waals surface area contributed by atoms with E-state index in [0.717, 1.165) is 5.56 Å². The number of sulfonamides is 1. The van der Waals surface area contributed by atoms with Crippen LogP contribution in [-0.2, 0) is 10.0 Å². The fraction of sp³-hybridized carbons (Fsp3) is 0.278. The molecule has 0 radical (unpaired) electrons. The summed E-state index contributed by atoms with van der Waals surface area (Å²) in [6.45, 7) is 7.56. The average molecular weight is 346 g/mol. The molecule has 0 bridgehead atoms. The molecule has 0 aliphatic rings. The Hall–Kier alpha value is -2.18. The predicted molar refractivity (Wildman–Crippen MR) is 95.8 cm³/mol. The number of benzene rings is 2. The largest absolute Gasteiger partial charge is 0.322 e. The standard InChI is InChI=1S/C18H22N2O3S/c1-11(2)14-6-5-7-16(9-14)20-18(21)15-8-12(3)13(4)17(10-15)24(19,22)23/h5-11H,1-4H3,(H,20,21)(H2,19,22,23). The van der Waals surface area contributed by atoms with Gasteiger partial charge in [0.1, 0.15) is 0 Å². The lowest BCUT2D eigenvalue weighted by Gasteiger charge is -2.12. The third-order valence-corrected chi connectivity index (χ3v) is 5.04. The van der Waals surface area contributed by atoms with Crippen LogP contribution in [0, 0.1) is 13.8 Å². The van der Waals surface area contributed by atoms with E-state index < -0.39 is 10.0 Å². The molecule has 0 spiro atoms. The third kappa shape index (κ3) is 4.01. The van der Waals surface area contributed by atoms with Gasteiger partial charge < -0.3 is 5.32 Å². The highest BCUT2D eigenvalue weighted by Gasteiger charge is 2.17. The van der Waals surface area contributed by atoms with Crippen LogP contribution in [0.15, 0.2) is 41.3 Å². The Labute approximate surface area is 142 Å². The van der Waals surface area contributed by atoms with Crippen LogP contribution in [-0.4, -0.2) is 14.3 Å². The fourth-order valence-corrected chi connectivity index (χ4v) is 3.31. The van der Waals surface area contributed by atoms with Crippen molar-refractivity contribution in [2.24, 2.45) is 5.14 Å². The van der Waals surface area contributed by atoms with Crippen molar-refractivity contribution in [2.45, 2.75) is 38.5 Å². The molecule has 0 aliphatic carbocycles. The van der Waals surface area contributed by atoms with Gasteiger partial charge in [-0.3, -0.25) is 4.79 Å². The van der Waals surface area contributed by atoms with Crippen LogP contribution >= 0.6 is 0 Å². The molecule has 0 saturated carbocycles. The Balaban J connectivity index is 2.37. The molecule has 5 nitrogen and oxygen atoms in total. The maximum absolute atomic E-state index is 12.5. The Kier molecular flexibility index (Phi) is 5.11. The van der Waals surface area contributed by atoms with Crippen LogP contribution in [0.2, 0.25) is 0 Å². The van der Waals surface area contributed by atoms with Crippen molar-refractivity contribution in [3.05, 3.63) is 58.7 Å². The number of hydrogen-bond donors (Lipinski definition) is 2. The quantitative estimate of drug-likeness (QED) is 0.890. The first-order valence-corrected chi connectivity index (χ1v) is 9.19. The molecule has 0 aliphatic heterocycles. The van der Waals surface area contributed by atoms with Gasteiger partial charge in [-0.25, -0.2) is 13.6 Å². The molecule has 0 fully saturated rings. The summed E-state index contributed by atoms with van der Waals surface area (Å²) in [5.74, 6) is -0.0265. The van der Waals surface area contributed by atoms with Crippen LogP contribution in [0.25, 0.3) is 0 Å². The Bertz CT molecular complexity index is 887. The van der Waals surface area contributed by atoms with Crippen molar-refractivity contribution in [3.63, 3.8) is 0 Å². The highest BCUT2D eigenvalue weighted by molar-refractivity contribution is 7.89. The topological polar surface area (TPSA) is 89.3 Å². The maximum Gasteiger partial charge on any atom is 0.255 e. The minimum Gasteiger partial charge on any atom is -0.322 e. The summed E-state index contributed by atoms with van der Waals surface area (Å²) in [6, 6.07) is 10.6. The van der Waals surface area contributed by atoms with E-state index in [1.807, 2.05) is 18.2 Å². The summed E-state index contributed by atoms with van der Waals surface area (Å²) in [5.41, 5.74) is 3.29. The van der Waals surface area contributed by atoms with E-state index in [0.29, 0.717) is 22.7 Å². The highest BCUT2D eigenvalue weighted by Crippen LogP contribution is 2.22. The molecule has 24 heavy (non-hydrogen) atoms. The number of nitrogens with one attached hydrogen (secondary N) is 1. The zero-order chi connectivity index (χ0) is 18.1. The summed E-state index contributed by atoms with van der Waals surface area (Å²) in [5, 5.41) is 8.05. The molecular formula is C18H22N2O3S. The van der Waals surface area contributed by atoms with Crippen LogP contribution in [0.1, 0.15) is 46.8 Å². The Morgan fingerprint density at radius 2 is 1.79 bits per heavy atom. The van der Waals surface area contributed by atoms with Crippen LogP contribution in [0.3, 0.4) is 0 Å². The summed E-state index contributed by atoms with van der Waals surface area (Å²) in [4.78, 5) is 12.5. The van der Waals surface area contributed by atoms with Gasteiger partial charge in [0.15, 0.2) is 0 Å². The summed E-state index contributed by atoms with van der Waals surface area (Å²) >= 11 is 0. The van der Waals surface area contributed by atoms with Gasteiger partial charge in [0.25, 0.3) is 5.91 Å². The second kappa shape index (κ2) is 6.75. The SMILES string of the molecule is Cc1cc(C(=O)Nc2cccc(C(C)C)c2)cc(S(N)(=O)=O)c1C. The molecule has 2 aromatic carbocycles. The van der Waals surface area contributed by atoms with Gasteiger partial charge in [0, 0.05) is 11.3 Å². The van der Waals surface area contributed by atoms with E-state index in [1.54, 1.807) is 26.0 Å². The molecule has 2 rings (SSSR count). The average Bonchev–Trinajstić information content (AvgIpc) is 2.48. The van der Waals surface area contributed by atoms with Crippen molar-refractivity contribution < 1.29 is 13.2 Å². The third-order valence-electron chi connectivity index (χ3n) is 4.00. The molecular weight excluding hydrogens is 324 g/mol. The zero-order valence-electron chi connectivity index (χ0n) is 14.3. The fourth-order valence-electron chi connectivity index (χ4n) is 2.43. The van der Waals surface area contributed by atoms with E-state index in [1.165, 1.54) is 6.07 Å². The molecule has 0 unspecified atom stereocenters. The number of rotatable bonds is 4. The number of carbonyl (C=O) groups is 1. The number of aryl methyl sites for hydroxylation is 1. The lowest BCUT2D eigenvalue weighted by molar-refractivity contribution is 0.102. The minimum absolute atomic E-state index is 0.0245. The number of anilines is 1. The van der Waals surface area contributed by atoms with Gasteiger partial charge in [-0.05, 0) is 60.7 Å². The lowest BCUT2D eigenvalue weighted by Crippen LogP contribution is -2.18. The molecule has 0 atom stereocenters. The monoisotopic (exact) mass is 346 g/mol. The molecule has 2 aromatic rings. The molecule has 128 valence electrons. The highest BCUT2D eigenvalue weighted by atomic mass is 32.2. The van der Waals surface area contributed by atoms with Gasteiger partial charge in [-0.15, -0.1) is 0 Å². The first-order valence-electron chi connectivity index (χ1n) is 7.65. The smallest absolute Gasteiger partial charge is 0.255 e. The first kappa shape index (κ1) is 18.2. The van der Waals surface area contributed by atoms with E-state index in [-0.39, 0.29) is 16.4 Å². The Morgan fingerprint density at radius 3 is 2.38 bits per heavy atom. The predicted octanol–water partition coefficient (Wildman–Crippen LogP) is 3.33. The molecule has 0 saturated heterocycles. The first-order chi connectivity index (χ1) is 11.1. The zero-order valence-corrected chi connectivity index (χ0v) is 15.1. The maximum atomic E-state index is 12.5. The summed E-state index contributed by atoms with van der Waals surface area (Å²) < 4.78 is 23.4. The van der Waals surface area contributed by atoms with Gasteiger partial charge >= 0.3 is 0 Å². The number of primary sulfonamides is 1. The molecule has 0 aromatic heterocycles. The molecule has 3 N–H and O–H groups in total. The van der Waals surface area contributed by atoms with E-state index >= 15 is 0 Å². The molecule has 1 amide bonds. The van der Waals surface area contributed by atoms with Crippen molar-refractivity contribution in [2.75, 3.05) is 5.32 Å². The van der Waals surface area contributed by atoms with Crippen LogP contribution < -0.4 is 10.5 Å². The van der Waals surface area contributed by atoms with Crippen molar-refractivity contribution >= 4 is 21.6 Å². The van der Waals surface area contributed by atoms with Crippen molar-refractivity contribution in [1.29, 1.82) is 0 Å². The minimum atomic E-state index is -3.88. The van der Waals surface area contributed by atoms with Gasteiger partial charge in [-0.2, -0.15) is 0 Å². The normalized spacial score (nSPS) is 11.6. The van der Waals surface area contributed by atoms with E-state index in [4.69, 9.17) is 5.14 Å². The summed E-state index contributed by atoms with van der Waals surface area (Å²) in [6.07, 6.45) is 0. The Morgan fingerprint density at radius 1 is 1.12 bits per heavy atom. The second-order valence-corrected chi connectivity index (χ2v) is 7.73. The molecule has 0 heterocycles. The second-order valence-electron chi connectivity index (χ2n) is 6.20. The van der Waals surface area contributed by atoms with Crippen LogP contribution in [0.4, 0.5) is 5.69 Å². The van der Waals surface area contributed by atoms with Crippen LogP contribution in [0.5, 0.6) is 0 Å². The van der Waals surface area contributed by atoms with E-state index in [9.17, 15) is 13.2 Å². The van der Waals surface area contributed by atoms with Gasteiger partial charge in [-0.1, -0.05) is 26.0 Å². The van der Waals surface area contributed by atoms with E-state index in [2.05, 4.69) is 19.2 Å².